The van der Waals surface area contributed by atoms with Crippen molar-refractivity contribution in [3.8, 4) is 11.5 Å². The highest BCUT2D eigenvalue weighted by Crippen LogP contribution is 2.28. The highest BCUT2D eigenvalue weighted by molar-refractivity contribution is 6.57. The summed E-state index contributed by atoms with van der Waals surface area (Å²) in [6.07, 6.45) is 10.3. The Morgan fingerprint density at radius 1 is 0.759 bits per heavy atom. The molecule has 0 aliphatic rings. The van der Waals surface area contributed by atoms with Crippen LogP contribution in [0.15, 0.2) is 54.6 Å². The molecular weight excluding hydrogens is 407 g/mol. The van der Waals surface area contributed by atoms with E-state index in [1.165, 1.54) is 37.7 Å². The zero-order chi connectivity index (χ0) is 21.0. The summed E-state index contributed by atoms with van der Waals surface area (Å²) in [4.78, 5) is 10.8. The van der Waals surface area contributed by atoms with E-state index in [1.54, 1.807) is 0 Å². The topological polar surface area (TPSA) is 46.5 Å². The number of halogens is 2. The van der Waals surface area contributed by atoms with Gasteiger partial charge in [-0.2, -0.15) is 0 Å². The van der Waals surface area contributed by atoms with Crippen LogP contribution in [0.4, 0.5) is 0 Å². The third-order valence-electron chi connectivity index (χ3n) is 4.92. The van der Waals surface area contributed by atoms with Crippen LogP contribution in [0.1, 0.15) is 63.4 Å². The lowest BCUT2D eigenvalue weighted by Crippen LogP contribution is -2.25. The predicted molar refractivity (Wildman–Crippen MR) is 120 cm³/mol. The maximum atomic E-state index is 10.8. The molecule has 0 unspecified atom stereocenters. The van der Waals surface area contributed by atoms with E-state index in [1.807, 2.05) is 42.5 Å². The molecule has 3 nitrogen and oxygen atoms in total. The van der Waals surface area contributed by atoms with Crippen molar-refractivity contribution in [3.05, 3.63) is 60.2 Å². The minimum absolute atomic E-state index is 0.306. The largest absolute Gasteiger partial charge is 0.479 e. The normalized spacial score (nSPS) is 11.4. The number of aliphatic carboxylic acids is 1. The van der Waals surface area contributed by atoms with Crippen LogP contribution in [0.3, 0.4) is 0 Å². The number of carboxylic acid groups (broad SMARTS) is 1. The van der Waals surface area contributed by atoms with Gasteiger partial charge in [0, 0.05) is 0 Å². The fraction of sp³-hybridized carbons (Fsp3) is 0.458. The second-order valence-electron chi connectivity index (χ2n) is 7.40. The van der Waals surface area contributed by atoms with Gasteiger partial charge in [0.1, 0.15) is 11.5 Å². The number of para-hydroxylation sites is 1. The molecule has 158 valence electrons. The number of benzene rings is 2. The summed E-state index contributed by atoms with van der Waals surface area (Å²) in [5.41, 5.74) is 1.34. The summed E-state index contributed by atoms with van der Waals surface area (Å²) < 4.78 is 4.18. The SMILES string of the molecule is O=C(O)C(Cl)(Cl)CCCCCCCCCCc1ccc(Oc2ccccc2)cc1. The van der Waals surface area contributed by atoms with E-state index in [2.05, 4.69) is 12.1 Å². The molecule has 0 radical (unpaired) electrons. The van der Waals surface area contributed by atoms with E-state index in [9.17, 15) is 4.79 Å². The molecule has 0 aromatic heterocycles. The summed E-state index contributed by atoms with van der Waals surface area (Å²) in [7, 11) is 0. The van der Waals surface area contributed by atoms with Crippen LogP contribution in [0, 0.1) is 0 Å². The molecule has 2 aromatic rings. The molecule has 0 amide bonds. The van der Waals surface area contributed by atoms with E-state index in [0.29, 0.717) is 6.42 Å². The van der Waals surface area contributed by atoms with Gasteiger partial charge >= 0.3 is 5.97 Å². The van der Waals surface area contributed by atoms with Gasteiger partial charge in [-0.1, -0.05) is 92.1 Å². The van der Waals surface area contributed by atoms with Gasteiger partial charge in [-0.3, -0.25) is 0 Å². The minimum Gasteiger partial charge on any atom is -0.479 e. The zero-order valence-electron chi connectivity index (χ0n) is 16.8. The molecule has 5 heteroatoms. The molecule has 0 aliphatic carbocycles. The number of hydrogen-bond donors (Lipinski definition) is 1. The zero-order valence-corrected chi connectivity index (χ0v) is 18.3. The standard InChI is InChI=1S/C24H30Cl2O3/c25-24(26,23(27)28)19-11-6-4-2-1-3-5-8-12-20-15-17-22(18-16-20)29-21-13-9-7-10-14-21/h7,9-10,13-18H,1-6,8,11-12,19H2,(H,27,28). The number of aryl methyl sites for hydroxylation is 1. The van der Waals surface area contributed by atoms with Gasteiger partial charge in [0.15, 0.2) is 0 Å². The minimum atomic E-state index is -1.63. The first-order valence-electron chi connectivity index (χ1n) is 10.4. The molecular formula is C24H30Cl2O3. The Labute approximate surface area is 184 Å². The lowest BCUT2D eigenvalue weighted by molar-refractivity contribution is -0.138. The van der Waals surface area contributed by atoms with Crippen LogP contribution in [-0.2, 0) is 11.2 Å². The van der Waals surface area contributed by atoms with Gasteiger partial charge < -0.3 is 9.84 Å². The van der Waals surface area contributed by atoms with E-state index in [-0.39, 0.29) is 0 Å². The smallest absolute Gasteiger partial charge is 0.340 e. The fourth-order valence-electron chi connectivity index (χ4n) is 3.19. The first-order valence-corrected chi connectivity index (χ1v) is 11.2. The van der Waals surface area contributed by atoms with Crippen LogP contribution in [0.2, 0.25) is 0 Å². The lowest BCUT2D eigenvalue weighted by atomic mass is 10.0. The maximum absolute atomic E-state index is 10.8. The molecule has 2 aromatic carbocycles. The second-order valence-corrected chi connectivity index (χ2v) is 8.88. The number of ether oxygens (including phenoxy) is 1. The molecule has 0 bridgehead atoms. The summed E-state index contributed by atoms with van der Waals surface area (Å²) in [6, 6.07) is 18.2. The Bertz CT molecular complexity index is 715. The van der Waals surface area contributed by atoms with E-state index in [4.69, 9.17) is 33.0 Å². The average Bonchev–Trinajstić information content (AvgIpc) is 2.71. The monoisotopic (exact) mass is 436 g/mol. The van der Waals surface area contributed by atoms with Crippen molar-refractivity contribution in [3.63, 3.8) is 0 Å². The highest BCUT2D eigenvalue weighted by atomic mass is 35.5. The molecule has 0 atom stereocenters. The molecule has 1 N–H and O–H groups in total. The quantitative estimate of drug-likeness (QED) is 0.242. The van der Waals surface area contributed by atoms with Crippen molar-refractivity contribution in [2.45, 2.75) is 68.5 Å². The number of unbranched alkanes of at least 4 members (excludes halogenated alkanes) is 7. The summed E-state index contributed by atoms with van der Waals surface area (Å²) >= 11 is 11.4. The third kappa shape index (κ3) is 9.56. The fourth-order valence-corrected chi connectivity index (χ4v) is 3.46. The van der Waals surface area contributed by atoms with Crippen molar-refractivity contribution < 1.29 is 14.6 Å². The van der Waals surface area contributed by atoms with Crippen molar-refractivity contribution in [1.29, 1.82) is 0 Å². The Kier molecular flexibility index (Phi) is 10.4. The van der Waals surface area contributed by atoms with Gasteiger partial charge in [-0.25, -0.2) is 4.79 Å². The van der Waals surface area contributed by atoms with Crippen LogP contribution in [0.25, 0.3) is 0 Å². The Morgan fingerprint density at radius 2 is 1.28 bits per heavy atom. The van der Waals surface area contributed by atoms with Gasteiger partial charge in [0.2, 0.25) is 4.33 Å². The van der Waals surface area contributed by atoms with E-state index >= 15 is 0 Å². The number of hydrogen-bond acceptors (Lipinski definition) is 2. The van der Waals surface area contributed by atoms with Crippen LogP contribution >= 0.6 is 23.2 Å². The first kappa shape index (κ1) is 23.6. The first-order chi connectivity index (χ1) is 14.0. The van der Waals surface area contributed by atoms with Crippen molar-refractivity contribution in [1.82, 2.24) is 0 Å². The Balaban J connectivity index is 1.49. The van der Waals surface area contributed by atoms with Crippen molar-refractivity contribution >= 4 is 29.2 Å². The predicted octanol–water partition coefficient (Wildman–Crippen LogP) is 7.79. The molecule has 2 rings (SSSR count). The molecule has 0 saturated carbocycles. The van der Waals surface area contributed by atoms with E-state index < -0.39 is 10.3 Å². The molecule has 0 saturated heterocycles. The molecule has 29 heavy (non-hydrogen) atoms. The number of rotatable bonds is 14. The second kappa shape index (κ2) is 12.8. The van der Waals surface area contributed by atoms with Crippen molar-refractivity contribution in [2.75, 3.05) is 0 Å². The highest BCUT2D eigenvalue weighted by Gasteiger charge is 2.32. The average molecular weight is 437 g/mol. The van der Waals surface area contributed by atoms with Gasteiger partial charge in [0.25, 0.3) is 0 Å². The lowest BCUT2D eigenvalue weighted by Gasteiger charge is -2.13. The van der Waals surface area contributed by atoms with Gasteiger partial charge in [-0.15, -0.1) is 0 Å². The number of alkyl halides is 2. The summed E-state index contributed by atoms with van der Waals surface area (Å²) in [6.45, 7) is 0. The van der Waals surface area contributed by atoms with Crippen LogP contribution < -0.4 is 4.74 Å². The molecule has 0 aliphatic heterocycles. The molecule has 0 heterocycles. The van der Waals surface area contributed by atoms with Gasteiger partial charge in [0.05, 0.1) is 0 Å². The molecule has 0 spiro atoms. The summed E-state index contributed by atoms with van der Waals surface area (Å²) in [5.74, 6) is 0.565. The van der Waals surface area contributed by atoms with Crippen LogP contribution in [0.5, 0.6) is 11.5 Å². The summed E-state index contributed by atoms with van der Waals surface area (Å²) in [5, 5.41) is 8.85. The molecule has 0 fully saturated rings. The van der Waals surface area contributed by atoms with Crippen molar-refractivity contribution in [2.24, 2.45) is 0 Å². The number of carboxylic acids is 1. The van der Waals surface area contributed by atoms with E-state index in [0.717, 1.165) is 37.2 Å². The number of carbonyl (C=O) groups is 1. The Hall–Kier alpha value is -1.71. The van der Waals surface area contributed by atoms with Gasteiger partial charge in [-0.05, 0) is 55.5 Å². The maximum Gasteiger partial charge on any atom is 0.340 e. The van der Waals surface area contributed by atoms with Crippen LogP contribution in [-0.4, -0.2) is 15.4 Å². The Morgan fingerprint density at radius 3 is 1.86 bits per heavy atom. The third-order valence-corrected chi connectivity index (χ3v) is 5.62.